The van der Waals surface area contributed by atoms with E-state index >= 15 is 0 Å². The number of amides is 1. The molecule has 2 rings (SSSR count). The maximum absolute atomic E-state index is 13.6. The van der Waals surface area contributed by atoms with Crippen LogP contribution in [0.25, 0.3) is 0 Å². The Hall–Kier alpha value is -2.81. The van der Waals surface area contributed by atoms with Gasteiger partial charge in [0.15, 0.2) is 11.5 Å². The minimum atomic E-state index is -2.97. The van der Waals surface area contributed by atoms with Gasteiger partial charge in [-0.3, -0.25) is 9.69 Å². The number of hydrogen-bond donors (Lipinski definition) is 1. The zero-order valence-electron chi connectivity index (χ0n) is 15.3. The van der Waals surface area contributed by atoms with Crippen molar-refractivity contribution in [1.29, 1.82) is 0 Å². The van der Waals surface area contributed by atoms with Crippen LogP contribution in [-0.4, -0.2) is 37.6 Å². The lowest BCUT2D eigenvalue weighted by molar-refractivity contribution is -0.117. The molecule has 1 amide bonds. The topological polar surface area (TPSA) is 50.8 Å². The van der Waals surface area contributed by atoms with E-state index in [2.05, 4.69) is 10.1 Å². The quantitative estimate of drug-likeness (QED) is 0.646. The summed E-state index contributed by atoms with van der Waals surface area (Å²) in [4.78, 5) is 13.7. The normalized spacial score (nSPS) is 11.0. The molecule has 0 aromatic heterocycles. The van der Waals surface area contributed by atoms with Gasteiger partial charge in [0.25, 0.3) is 0 Å². The minimum Gasteiger partial charge on any atom is -0.490 e. The van der Waals surface area contributed by atoms with Gasteiger partial charge in [-0.2, -0.15) is 8.78 Å². The minimum absolute atomic E-state index is 0.0809. The van der Waals surface area contributed by atoms with Gasteiger partial charge in [-0.25, -0.2) is 8.78 Å². The number of carbonyl (C=O) groups excluding carboxylic acids is 1. The van der Waals surface area contributed by atoms with Gasteiger partial charge in [0, 0.05) is 12.6 Å². The molecule has 0 spiro atoms. The molecule has 0 aliphatic carbocycles. The highest BCUT2D eigenvalue weighted by molar-refractivity contribution is 5.92. The zero-order valence-corrected chi connectivity index (χ0v) is 15.3. The highest BCUT2D eigenvalue weighted by Crippen LogP contribution is 2.30. The summed E-state index contributed by atoms with van der Waals surface area (Å²) in [5, 5.41) is 2.31. The molecular weight excluding hydrogens is 380 g/mol. The molecule has 0 fully saturated rings. The molecule has 2 aromatic carbocycles. The Balaban J connectivity index is 1.99. The van der Waals surface area contributed by atoms with Crippen LogP contribution >= 0.6 is 0 Å². The Labute approximate surface area is 159 Å². The molecule has 9 heteroatoms. The van der Waals surface area contributed by atoms with Gasteiger partial charge >= 0.3 is 6.61 Å². The molecule has 0 atom stereocenters. The predicted molar refractivity (Wildman–Crippen MR) is 95.6 cm³/mol. The van der Waals surface area contributed by atoms with Crippen LogP contribution in [0, 0.1) is 11.6 Å². The number of likely N-dealkylation sites (N-methyl/N-ethyl adjacent to an activating group) is 1. The Morgan fingerprint density at radius 2 is 1.89 bits per heavy atom. The van der Waals surface area contributed by atoms with E-state index in [9.17, 15) is 22.4 Å². The van der Waals surface area contributed by atoms with Crippen LogP contribution in [0.15, 0.2) is 36.4 Å². The molecule has 2 aromatic rings. The molecule has 0 saturated heterocycles. The molecular formula is C19H20F4N2O3. The van der Waals surface area contributed by atoms with Crippen LogP contribution in [0.5, 0.6) is 11.5 Å². The van der Waals surface area contributed by atoms with Crippen LogP contribution in [0.2, 0.25) is 0 Å². The van der Waals surface area contributed by atoms with Crippen LogP contribution in [0.4, 0.5) is 23.2 Å². The summed E-state index contributed by atoms with van der Waals surface area (Å²) in [5.41, 5.74) is 0.447. The van der Waals surface area contributed by atoms with E-state index in [1.807, 2.05) is 0 Å². The number of anilines is 1. The fraction of sp³-hybridized carbons (Fsp3) is 0.316. The highest BCUT2D eigenvalue weighted by Gasteiger charge is 2.14. The molecule has 152 valence electrons. The number of halogens is 4. The van der Waals surface area contributed by atoms with Crippen molar-refractivity contribution in [2.75, 3.05) is 25.5 Å². The molecule has 0 saturated carbocycles. The second kappa shape index (κ2) is 9.93. The van der Waals surface area contributed by atoms with Gasteiger partial charge in [0.1, 0.15) is 11.6 Å². The van der Waals surface area contributed by atoms with Crippen LogP contribution in [0.1, 0.15) is 12.5 Å². The van der Waals surface area contributed by atoms with Crippen LogP contribution < -0.4 is 14.8 Å². The van der Waals surface area contributed by atoms with Gasteiger partial charge < -0.3 is 14.8 Å². The second-order valence-electron chi connectivity index (χ2n) is 5.94. The Bertz CT molecular complexity index is 818. The molecule has 0 aliphatic heterocycles. The van der Waals surface area contributed by atoms with Crippen molar-refractivity contribution in [3.63, 3.8) is 0 Å². The summed E-state index contributed by atoms with van der Waals surface area (Å²) in [7, 11) is 1.64. The number of ether oxygens (including phenoxy) is 2. The van der Waals surface area contributed by atoms with Crippen LogP contribution in [0.3, 0.4) is 0 Å². The maximum Gasteiger partial charge on any atom is 0.387 e. The average Bonchev–Trinajstić information content (AvgIpc) is 2.60. The van der Waals surface area contributed by atoms with Gasteiger partial charge in [0.05, 0.1) is 18.8 Å². The predicted octanol–water partition coefficient (Wildman–Crippen LogP) is 4.04. The van der Waals surface area contributed by atoms with E-state index in [0.717, 1.165) is 18.2 Å². The van der Waals surface area contributed by atoms with Crippen molar-refractivity contribution < 1.29 is 31.8 Å². The Morgan fingerprint density at radius 1 is 1.14 bits per heavy atom. The van der Waals surface area contributed by atoms with Gasteiger partial charge in [-0.05, 0) is 43.8 Å². The summed E-state index contributed by atoms with van der Waals surface area (Å²) in [6, 6.07) is 7.25. The van der Waals surface area contributed by atoms with E-state index in [4.69, 9.17) is 4.74 Å². The number of hydrogen-bond acceptors (Lipinski definition) is 4. The van der Waals surface area contributed by atoms with Crippen molar-refractivity contribution in [1.82, 2.24) is 4.90 Å². The highest BCUT2D eigenvalue weighted by atomic mass is 19.3. The largest absolute Gasteiger partial charge is 0.490 e. The molecule has 0 aliphatic rings. The number of benzene rings is 2. The van der Waals surface area contributed by atoms with Crippen molar-refractivity contribution in [2.45, 2.75) is 20.1 Å². The standard InChI is InChI=1S/C19H20F4N2O3/c1-3-27-17-8-12(4-7-16(17)28-19(22)23)10-25(2)11-18(26)24-15-9-13(20)5-6-14(15)21/h4-9,19H,3,10-11H2,1-2H3,(H,24,26). The second-order valence-corrected chi connectivity index (χ2v) is 5.94. The smallest absolute Gasteiger partial charge is 0.387 e. The Morgan fingerprint density at radius 3 is 2.57 bits per heavy atom. The number of carbonyl (C=O) groups is 1. The SMILES string of the molecule is CCOc1cc(CN(C)CC(=O)Nc2cc(F)ccc2F)ccc1OC(F)F. The Kier molecular flexibility index (Phi) is 7.62. The van der Waals surface area contributed by atoms with Crippen LogP contribution in [-0.2, 0) is 11.3 Å². The van der Waals surface area contributed by atoms with Crippen molar-refractivity contribution in [3.8, 4) is 11.5 Å². The first-order valence-corrected chi connectivity index (χ1v) is 8.42. The van der Waals surface area contributed by atoms with E-state index in [1.165, 1.54) is 6.07 Å². The molecule has 0 radical (unpaired) electrons. The number of rotatable bonds is 9. The van der Waals surface area contributed by atoms with Gasteiger partial charge in [0.2, 0.25) is 5.91 Å². The average molecular weight is 400 g/mol. The molecule has 1 N–H and O–H groups in total. The van der Waals surface area contributed by atoms with Crippen molar-refractivity contribution in [2.24, 2.45) is 0 Å². The fourth-order valence-corrected chi connectivity index (χ4v) is 2.51. The summed E-state index contributed by atoms with van der Waals surface area (Å²) in [6.07, 6.45) is 0. The van der Waals surface area contributed by atoms with Gasteiger partial charge in [-0.1, -0.05) is 6.07 Å². The number of nitrogens with one attached hydrogen (secondary N) is 1. The lowest BCUT2D eigenvalue weighted by Crippen LogP contribution is -2.30. The zero-order chi connectivity index (χ0) is 20.7. The first kappa shape index (κ1) is 21.5. The van der Waals surface area contributed by atoms with E-state index in [-0.39, 0.29) is 36.9 Å². The van der Waals surface area contributed by atoms with E-state index in [1.54, 1.807) is 31.0 Å². The molecule has 0 heterocycles. The number of alkyl halides is 2. The monoisotopic (exact) mass is 400 g/mol. The first-order chi connectivity index (χ1) is 13.3. The molecule has 5 nitrogen and oxygen atoms in total. The molecule has 0 unspecified atom stereocenters. The summed E-state index contributed by atoms with van der Waals surface area (Å²) in [6.45, 7) is -0.815. The van der Waals surface area contributed by atoms with E-state index < -0.39 is 24.2 Å². The molecule has 0 bridgehead atoms. The van der Waals surface area contributed by atoms with Crippen molar-refractivity contribution >= 4 is 11.6 Å². The fourth-order valence-electron chi connectivity index (χ4n) is 2.51. The van der Waals surface area contributed by atoms with E-state index in [0.29, 0.717) is 5.56 Å². The summed E-state index contributed by atoms with van der Waals surface area (Å²) < 4.78 is 61.4. The third kappa shape index (κ3) is 6.41. The molecule has 28 heavy (non-hydrogen) atoms. The third-order valence-corrected chi connectivity index (χ3v) is 3.59. The summed E-state index contributed by atoms with van der Waals surface area (Å²) in [5.74, 6) is -1.86. The number of nitrogens with zero attached hydrogens (tertiary/aromatic N) is 1. The summed E-state index contributed by atoms with van der Waals surface area (Å²) >= 11 is 0. The van der Waals surface area contributed by atoms with Gasteiger partial charge in [-0.15, -0.1) is 0 Å². The third-order valence-electron chi connectivity index (χ3n) is 3.59. The maximum atomic E-state index is 13.6. The first-order valence-electron chi connectivity index (χ1n) is 8.42. The lowest BCUT2D eigenvalue weighted by Gasteiger charge is -2.18. The lowest BCUT2D eigenvalue weighted by atomic mass is 10.2. The van der Waals surface area contributed by atoms with Crippen molar-refractivity contribution in [3.05, 3.63) is 53.6 Å².